The normalized spacial score (nSPS) is 19.2. The molecular weight excluding hydrogens is 474 g/mol. The summed E-state index contributed by atoms with van der Waals surface area (Å²) >= 11 is 0. The van der Waals surface area contributed by atoms with Gasteiger partial charge in [0.1, 0.15) is 11.9 Å². The molecule has 0 amide bonds. The second-order valence-electron chi connectivity index (χ2n) is 11.4. The van der Waals surface area contributed by atoms with E-state index in [0.717, 1.165) is 5.75 Å². The molecule has 2 nitrogen and oxygen atoms in total. The van der Waals surface area contributed by atoms with Crippen LogP contribution in [0, 0.1) is 5.92 Å². The van der Waals surface area contributed by atoms with Crippen molar-refractivity contribution in [2.24, 2.45) is 5.92 Å². The van der Waals surface area contributed by atoms with Gasteiger partial charge in [-0.05, 0) is 76.5 Å². The van der Waals surface area contributed by atoms with Crippen molar-refractivity contribution in [3.8, 4) is 22.6 Å². The van der Waals surface area contributed by atoms with Crippen molar-refractivity contribution in [3.63, 3.8) is 0 Å². The number of hydrogen-bond donors (Lipinski definition) is 0. The van der Waals surface area contributed by atoms with Crippen LogP contribution in [-0.4, -0.2) is 10.7 Å². The zero-order chi connectivity index (χ0) is 26.1. The van der Waals surface area contributed by atoms with E-state index in [0.29, 0.717) is 5.92 Å². The summed E-state index contributed by atoms with van der Waals surface area (Å²) in [6.45, 7) is 4.70. The lowest BCUT2D eigenvalue weighted by Crippen LogP contribution is -2.43. The minimum absolute atomic E-state index is 0.0259. The van der Waals surface area contributed by atoms with E-state index in [1.54, 1.807) is 0 Å². The van der Waals surface area contributed by atoms with Crippen LogP contribution in [0.5, 0.6) is 5.75 Å². The number of aromatic nitrogens is 1. The van der Waals surface area contributed by atoms with Crippen LogP contribution >= 0.6 is 0 Å². The first-order valence-corrected chi connectivity index (χ1v) is 13.8. The van der Waals surface area contributed by atoms with Gasteiger partial charge in [0, 0.05) is 33.4 Å². The SMILES string of the molecule is CC1(C)c2cc(-c3ccc4c(c3)c3cc5ccccc5cc3n4-c3ccccc3)ccc2OC2C=CC=CC21. The maximum absolute atomic E-state index is 6.44. The van der Waals surface area contributed by atoms with Crippen molar-refractivity contribution >= 4 is 32.6 Å². The molecule has 5 aromatic carbocycles. The zero-order valence-electron chi connectivity index (χ0n) is 22.1. The first kappa shape index (κ1) is 22.4. The van der Waals surface area contributed by atoms with E-state index >= 15 is 0 Å². The number of ether oxygens (including phenoxy) is 1. The number of allylic oxidation sites excluding steroid dienone is 2. The van der Waals surface area contributed by atoms with Gasteiger partial charge >= 0.3 is 0 Å². The van der Waals surface area contributed by atoms with Gasteiger partial charge in [0.05, 0.1) is 11.0 Å². The van der Waals surface area contributed by atoms with E-state index in [9.17, 15) is 0 Å². The Morgan fingerprint density at radius 1 is 0.641 bits per heavy atom. The van der Waals surface area contributed by atoms with Crippen molar-refractivity contribution in [2.75, 3.05) is 0 Å². The highest BCUT2D eigenvalue weighted by Crippen LogP contribution is 2.48. The van der Waals surface area contributed by atoms with Crippen LogP contribution < -0.4 is 4.74 Å². The lowest BCUT2D eigenvalue weighted by Gasteiger charge is -2.44. The fourth-order valence-corrected chi connectivity index (χ4v) is 6.73. The summed E-state index contributed by atoms with van der Waals surface area (Å²) in [7, 11) is 0. The highest BCUT2D eigenvalue weighted by Gasteiger charge is 2.42. The molecule has 2 heteroatoms. The molecule has 1 aliphatic heterocycles. The molecule has 0 spiro atoms. The van der Waals surface area contributed by atoms with Crippen molar-refractivity contribution < 1.29 is 4.74 Å². The summed E-state index contributed by atoms with van der Waals surface area (Å²) in [5.41, 5.74) is 7.33. The third-order valence-electron chi connectivity index (χ3n) is 8.83. The van der Waals surface area contributed by atoms with Crippen molar-refractivity contribution in [3.05, 3.63) is 133 Å². The number of para-hydroxylation sites is 1. The topological polar surface area (TPSA) is 14.2 Å². The van der Waals surface area contributed by atoms with E-state index in [1.807, 2.05) is 0 Å². The zero-order valence-corrected chi connectivity index (χ0v) is 22.1. The standard InChI is InChI=1S/C37H29NO/c1-37(2)31-14-8-9-15-35(31)39-36-19-17-27(22-32(36)37)26-16-18-33-29(21-26)30-20-24-10-6-7-11-25(24)23-34(30)38(33)28-12-4-3-5-13-28/h3-23,31,35H,1-2H3. The maximum atomic E-state index is 6.44. The Kier molecular flexibility index (Phi) is 4.73. The summed E-state index contributed by atoms with van der Waals surface area (Å²) in [6.07, 6.45) is 8.83. The Morgan fingerprint density at radius 2 is 1.33 bits per heavy atom. The first-order chi connectivity index (χ1) is 19.1. The van der Waals surface area contributed by atoms with Gasteiger partial charge in [0.2, 0.25) is 0 Å². The molecule has 39 heavy (non-hydrogen) atoms. The van der Waals surface area contributed by atoms with E-state index in [-0.39, 0.29) is 11.5 Å². The Bertz CT molecular complexity index is 1970. The largest absolute Gasteiger partial charge is 0.485 e. The number of nitrogens with zero attached hydrogens (tertiary/aromatic N) is 1. The molecule has 0 fully saturated rings. The van der Waals surface area contributed by atoms with E-state index in [4.69, 9.17) is 4.74 Å². The molecule has 2 atom stereocenters. The van der Waals surface area contributed by atoms with Gasteiger partial charge in [-0.25, -0.2) is 0 Å². The monoisotopic (exact) mass is 503 g/mol. The molecular formula is C37H29NO. The molecule has 0 N–H and O–H groups in total. The molecule has 2 unspecified atom stereocenters. The second-order valence-corrected chi connectivity index (χ2v) is 11.4. The molecule has 6 aromatic rings. The van der Waals surface area contributed by atoms with Crippen LogP contribution in [-0.2, 0) is 5.41 Å². The van der Waals surface area contributed by atoms with Gasteiger partial charge in [0.25, 0.3) is 0 Å². The molecule has 2 aliphatic rings. The summed E-state index contributed by atoms with van der Waals surface area (Å²) < 4.78 is 8.84. The Morgan fingerprint density at radius 3 is 2.18 bits per heavy atom. The maximum Gasteiger partial charge on any atom is 0.124 e. The quantitative estimate of drug-likeness (QED) is 0.230. The van der Waals surface area contributed by atoms with Gasteiger partial charge in [-0.2, -0.15) is 0 Å². The lowest BCUT2D eigenvalue weighted by atomic mass is 9.67. The summed E-state index contributed by atoms with van der Waals surface area (Å²) in [6, 6.07) is 37.7. The van der Waals surface area contributed by atoms with Gasteiger partial charge in [-0.1, -0.05) is 86.7 Å². The molecule has 1 aromatic heterocycles. The molecule has 0 saturated carbocycles. The average molecular weight is 504 g/mol. The fourth-order valence-electron chi connectivity index (χ4n) is 6.73. The first-order valence-electron chi connectivity index (χ1n) is 13.8. The Balaban J connectivity index is 1.34. The predicted molar refractivity (Wildman–Crippen MR) is 163 cm³/mol. The van der Waals surface area contributed by atoms with Crippen LogP contribution in [0.1, 0.15) is 19.4 Å². The molecule has 0 radical (unpaired) electrons. The number of fused-ring (bicyclic) bond motifs is 6. The average Bonchev–Trinajstić information content (AvgIpc) is 3.29. The van der Waals surface area contributed by atoms with Crippen LogP contribution in [0.15, 0.2) is 127 Å². The van der Waals surface area contributed by atoms with E-state index < -0.39 is 0 Å². The third kappa shape index (κ3) is 3.34. The summed E-state index contributed by atoms with van der Waals surface area (Å²) in [5.74, 6) is 1.32. The van der Waals surface area contributed by atoms with E-state index in [1.165, 1.54) is 55.0 Å². The van der Waals surface area contributed by atoms with Crippen molar-refractivity contribution in [2.45, 2.75) is 25.4 Å². The molecule has 8 rings (SSSR count). The van der Waals surface area contributed by atoms with Crippen LogP contribution in [0.25, 0.3) is 49.4 Å². The van der Waals surface area contributed by atoms with Gasteiger partial charge in [0.15, 0.2) is 0 Å². The fraction of sp³-hybridized carbons (Fsp3) is 0.135. The van der Waals surface area contributed by atoms with Crippen LogP contribution in [0.4, 0.5) is 0 Å². The smallest absolute Gasteiger partial charge is 0.124 e. The van der Waals surface area contributed by atoms with Crippen LogP contribution in [0.3, 0.4) is 0 Å². The van der Waals surface area contributed by atoms with Crippen molar-refractivity contribution in [1.29, 1.82) is 0 Å². The minimum atomic E-state index is -0.0259. The number of rotatable bonds is 2. The van der Waals surface area contributed by atoms with Gasteiger partial charge in [-0.3, -0.25) is 0 Å². The van der Waals surface area contributed by atoms with E-state index in [2.05, 4.69) is 146 Å². The number of hydrogen-bond acceptors (Lipinski definition) is 1. The Labute approximate surface area is 228 Å². The predicted octanol–water partition coefficient (Wildman–Crippen LogP) is 9.38. The minimum Gasteiger partial charge on any atom is -0.485 e. The van der Waals surface area contributed by atoms with Gasteiger partial charge in [-0.15, -0.1) is 0 Å². The Hall–Kier alpha value is -4.56. The number of benzene rings is 5. The lowest BCUT2D eigenvalue weighted by molar-refractivity contribution is 0.123. The molecule has 0 bridgehead atoms. The van der Waals surface area contributed by atoms with Crippen molar-refractivity contribution in [1.82, 2.24) is 4.57 Å². The second kappa shape index (κ2) is 8.22. The highest BCUT2D eigenvalue weighted by molar-refractivity contribution is 6.14. The van der Waals surface area contributed by atoms with Gasteiger partial charge < -0.3 is 9.30 Å². The summed E-state index contributed by atoms with van der Waals surface area (Å²) in [4.78, 5) is 0. The highest BCUT2D eigenvalue weighted by atomic mass is 16.5. The molecule has 1 aliphatic carbocycles. The molecule has 188 valence electrons. The summed E-state index contributed by atoms with van der Waals surface area (Å²) in [5, 5.41) is 5.06. The molecule has 2 heterocycles. The van der Waals surface area contributed by atoms with Crippen LogP contribution in [0.2, 0.25) is 0 Å². The third-order valence-corrected chi connectivity index (χ3v) is 8.83. The molecule has 0 saturated heterocycles.